The molecule has 0 N–H and O–H groups in total. The molecule has 0 bridgehead atoms. The van der Waals surface area contributed by atoms with Crippen LogP contribution in [-0.4, -0.2) is 29.4 Å². The molecule has 0 saturated carbocycles. The number of carbonyl (C=O) groups is 2. The summed E-state index contributed by atoms with van der Waals surface area (Å²) in [5, 5.41) is 0. The Morgan fingerprint density at radius 3 is 2.09 bits per heavy atom. The van der Waals surface area contributed by atoms with Gasteiger partial charge in [0.15, 0.2) is 0 Å². The van der Waals surface area contributed by atoms with Gasteiger partial charge in [0.25, 0.3) is 11.8 Å². The lowest BCUT2D eigenvalue weighted by molar-refractivity contribution is -0.120. The van der Waals surface area contributed by atoms with Gasteiger partial charge in [0.05, 0.1) is 17.4 Å². The fourth-order valence-electron chi connectivity index (χ4n) is 4.13. The number of hydrogen-bond donors (Lipinski definition) is 0. The summed E-state index contributed by atoms with van der Waals surface area (Å²) in [5.41, 5.74) is 4.25. The molecule has 0 fully saturated rings. The molecule has 2 amide bonds. The number of amides is 2. The predicted octanol–water partition coefficient (Wildman–Crippen LogP) is 5.59. The maximum atomic E-state index is 13.8. The lowest BCUT2D eigenvalue weighted by Crippen LogP contribution is -2.35. The summed E-state index contributed by atoms with van der Waals surface area (Å²) in [6.45, 7) is 9.03. The molecule has 0 radical (unpaired) electrons. The van der Waals surface area contributed by atoms with Crippen LogP contribution in [0.4, 0.5) is 5.69 Å². The van der Waals surface area contributed by atoms with E-state index >= 15 is 0 Å². The van der Waals surface area contributed by atoms with Crippen LogP contribution < -0.4 is 9.64 Å². The van der Waals surface area contributed by atoms with E-state index in [-0.39, 0.29) is 17.9 Å². The average molecular weight is 455 g/mol. The van der Waals surface area contributed by atoms with E-state index in [1.54, 1.807) is 0 Å². The van der Waals surface area contributed by atoms with Crippen molar-refractivity contribution in [1.82, 2.24) is 4.90 Å². The van der Waals surface area contributed by atoms with Crippen molar-refractivity contribution in [3.63, 3.8) is 0 Å². The number of aryl methyl sites for hydroxylation is 1. The van der Waals surface area contributed by atoms with Gasteiger partial charge in [-0.3, -0.25) is 9.59 Å². The summed E-state index contributed by atoms with van der Waals surface area (Å²) in [4.78, 5) is 30.8. The highest BCUT2D eigenvalue weighted by Crippen LogP contribution is 2.36. The molecule has 5 heteroatoms. The SMILES string of the molecule is CCN(Cc1ccccc1)C1=C(c2ccc(OC(C)C)cc2)C(=O)N(c2ccc(C)cc2)C1=O. The van der Waals surface area contributed by atoms with Gasteiger partial charge in [0.2, 0.25) is 0 Å². The van der Waals surface area contributed by atoms with Gasteiger partial charge in [-0.1, -0.05) is 60.2 Å². The Bertz CT molecular complexity index is 1200. The zero-order chi connectivity index (χ0) is 24.2. The molecular weight excluding hydrogens is 424 g/mol. The summed E-state index contributed by atoms with van der Waals surface area (Å²) in [6.07, 6.45) is 0.0498. The average Bonchev–Trinajstić information content (AvgIpc) is 3.09. The second-order valence-electron chi connectivity index (χ2n) is 8.70. The lowest BCUT2D eigenvalue weighted by atomic mass is 10.0. The Morgan fingerprint density at radius 1 is 0.853 bits per heavy atom. The fraction of sp³-hybridized carbons (Fsp3) is 0.241. The summed E-state index contributed by atoms with van der Waals surface area (Å²) in [6, 6.07) is 24.8. The van der Waals surface area contributed by atoms with Crippen LogP contribution in [0.2, 0.25) is 0 Å². The normalized spacial score (nSPS) is 13.7. The van der Waals surface area contributed by atoms with Gasteiger partial charge in [-0.25, -0.2) is 4.90 Å². The van der Waals surface area contributed by atoms with E-state index in [0.717, 1.165) is 16.9 Å². The molecule has 0 unspecified atom stereocenters. The minimum Gasteiger partial charge on any atom is -0.491 e. The zero-order valence-corrected chi connectivity index (χ0v) is 20.1. The van der Waals surface area contributed by atoms with Crippen LogP contribution in [0.15, 0.2) is 84.6 Å². The summed E-state index contributed by atoms with van der Waals surface area (Å²) >= 11 is 0. The Labute approximate surface area is 201 Å². The molecule has 0 aromatic heterocycles. The zero-order valence-electron chi connectivity index (χ0n) is 20.1. The molecule has 0 saturated heterocycles. The first-order valence-electron chi connectivity index (χ1n) is 11.6. The number of benzene rings is 3. The smallest absolute Gasteiger partial charge is 0.282 e. The van der Waals surface area contributed by atoms with E-state index < -0.39 is 0 Å². The minimum atomic E-state index is -0.312. The molecule has 174 valence electrons. The van der Waals surface area contributed by atoms with Crippen molar-refractivity contribution in [3.8, 4) is 5.75 Å². The molecule has 1 aliphatic rings. The third-order valence-corrected chi connectivity index (χ3v) is 5.78. The fourth-order valence-corrected chi connectivity index (χ4v) is 4.13. The monoisotopic (exact) mass is 454 g/mol. The van der Waals surface area contributed by atoms with Crippen molar-refractivity contribution in [2.45, 2.75) is 40.3 Å². The molecule has 1 heterocycles. The number of anilines is 1. The topological polar surface area (TPSA) is 49.9 Å². The van der Waals surface area contributed by atoms with E-state index in [1.807, 2.05) is 111 Å². The molecule has 0 spiro atoms. The van der Waals surface area contributed by atoms with Crippen LogP contribution >= 0.6 is 0 Å². The van der Waals surface area contributed by atoms with Crippen LogP contribution in [0.5, 0.6) is 5.75 Å². The Balaban J connectivity index is 1.79. The lowest BCUT2D eigenvalue weighted by Gasteiger charge is -2.25. The maximum absolute atomic E-state index is 13.8. The van der Waals surface area contributed by atoms with Gasteiger partial charge in [-0.15, -0.1) is 0 Å². The van der Waals surface area contributed by atoms with Crippen LogP contribution in [0.1, 0.15) is 37.5 Å². The summed E-state index contributed by atoms with van der Waals surface area (Å²) in [5.74, 6) is 0.113. The second kappa shape index (κ2) is 9.96. The number of ether oxygens (including phenoxy) is 1. The van der Waals surface area contributed by atoms with Crippen molar-refractivity contribution in [2.75, 3.05) is 11.4 Å². The third-order valence-electron chi connectivity index (χ3n) is 5.78. The number of hydrogen-bond acceptors (Lipinski definition) is 4. The molecule has 34 heavy (non-hydrogen) atoms. The van der Waals surface area contributed by atoms with Crippen LogP contribution in [0.25, 0.3) is 5.57 Å². The molecule has 0 aliphatic carbocycles. The molecule has 1 aliphatic heterocycles. The second-order valence-corrected chi connectivity index (χ2v) is 8.70. The number of nitrogens with zero attached hydrogens (tertiary/aromatic N) is 2. The quantitative estimate of drug-likeness (QED) is 0.417. The van der Waals surface area contributed by atoms with Gasteiger partial charge in [0, 0.05) is 13.1 Å². The van der Waals surface area contributed by atoms with Crippen LogP contribution in [-0.2, 0) is 16.1 Å². The predicted molar refractivity (Wildman–Crippen MR) is 135 cm³/mol. The van der Waals surface area contributed by atoms with Gasteiger partial charge >= 0.3 is 0 Å². The highest BCUT2D eigenvalue weighted by molar-refractivity contribution is 6.45. The Hall–Kier alpha value is -3.86. The van der Waals surface area contributed by atoms with Gasteiger partial charge in [-0.05, 0) is 63.1 Å². The van der Waals surface area contributed by atoms with Crippen molar-refractivity contribution < 1.29 is 14.3 Å². The first-order chi connectivity index (χ1) is 16.4. The molecule has 4 rings (SSSR count). The summed E-state index contributed by atoms with van der Waals surface area (Å²) in [7, 11) is 0. The maximum Gasteiger partial charge on any atom is 0.282 e. The Morgan fingerprint density at radius 2 is 1.50 bits per heavy atom. The minimum absolute atomic E-state index is 0.0498. The first kappa shape index (κ1) is 23.3. The molecule has 5 nitrogen and oxygen atoms in total. The third kappa shape index (κ3) is 4.74. The van der Waals surface area contributed by atoms with Gasteiger partial charge in [-0.2, -0.15) is 0 Å². The van der Waals surface area contributed by atoms with E-state index in [4.69, 9.17) is 4.74 Å². The van der Waals surface area contributed by atoms with Gasteiger partial charge in [0.1, 0.15) is 11.4 Å². The highest BCUT2D eigenvalue weighted by atomic mass is 16.5. The van der Waals surface area contributed by atoms with E-state index in [1.165, 1.54) is 4.90 Å². The van der Waals surface area contributed by atoms with Crippen molar-refractivity contribution in [1.29, 1.82) is 0 Å². The van der Waals surface area contributed by atoms with E-state index in [9.17, 15) is 9.59 Å². The molecule has 3 aromatic rings. The van der Waals surface area contributed by atoms with Crippen molar-refractivity contribution >= 4 is 23.1 Å². The Kier molecular flexibility index (Phi) is 6.82. The highest BCUT2D eigenvalue weighted by Gasteiger charge is 2.42. The van der Waals surface area contributed by atoms with E-state index in [2.05, 4.69) is 0 Å². The number of rotatable bonds is 8. The first-order valence-corrected chi connectivity index (χ1v) is 11.6. The summed E-state index contributed by atoms with van der Waals surface area (Å²) < 4.78 is 5.77. The van der Waals surface area contributed by atoms with Crippen LogP contribution in [0.3, 0.4) is 0 Å². The molecule has 3 aromatic carbocycles. The number of imide groups is 1. The standard InChI is InChI=1S/C29H30N2O3/c1-5-30(19-22-9-7-6-8-10-22)27-26(23-13-17-25(18-14-23)34-20(2)3)28(32)31(29(27)33)24-15-11-21(4)12-16-24/h6-18,20H,5,19H2,1-4H3. The molecule has 0 atom stereocenters. The number of carbonyl (C=O) groups excluding carboxylic acids is 2. The van der Waals surface area contributed by atoms with Gasteiger partial charge < -0.3 is 9.64 Å². The number of likely N-dealkylation sites (N-methyl/N-ethyl adjacent to an activating group) is 1. The van der Waals surface area contributed by atoms with Crippen LogP contribution in [0, 0.1) is 6.92 Å². The van der Waals surface area contributed by atoms with E-state index in [0.29, 0.717) is 35.6 Å². The largest absolute Gasteiger partial charge is 0.491 e. The van der Waals surface area contributed by atoms with Crippen molar-refractivity contribution in [2.24, 2.45) is 0 Å². The van der Waals surface area contributed by atoms with Crippen molar-refractivity contribution in [3.05, 3.63) is 101 Å². The molecular formula is C29H30N2O3.